The Morgan fingerprint density at radius 3 is 2.47 bits per heavy atom. The smallest absolute Gasteiger partial charge is 0.436 e. The third kappa shape index (κ3) is 6.74. The summed E-state index contributed by atoms with van der Waals surface area (Å²) in [5.74, 6) is -0.149. The first-order valence-electron chi connectivity index (χ1n) is 10.6. The van der Waals surface area contributed by atoms with E-state index in [0.717, 1.165) is 11.1 Å². The number of ether oxygens (including phenoxy) is 1. The molecule has 0 saturated heterocycles. The van der Waals surface area contributed by atoms with Gasteiger partial charge in [0, 0.05) is 12.2 Å². The Morgan fingerprint density at radius 1 is 1.15 bits per heavy atom. The second-order valence-electron chi connectivity index (χ2n) is 7.96. The number of oxazole rings is 1. The molecule has 7 nitrogen and oxygen atoms in total. The van der Waals surface area contributed by atoms with Crippen LogP contribution in [0.2, 0.25) is 0 Å². The molecule has 2 unspecified atom stereocenters. The Balaban J connectivity index is 1.47. The van der Waals surface area contributed by atoms with Crippen LogP contribution in [-0.4, -0.2) is 35.3 Å². The number of amides is 1. The number of carbonyl (C=O) groups excluding carboxylic acids is 1. The van der Waals surface area contributed by atoms with Gasteiger partial charge in [0.1, 0.15) is 24.7 Å². The van der Waals surface area contributed by atoms with Crippen molar-refractivity contribution in [3.8, 4) is 5.75 Å². The first-order valence-corrected chi connectivity index (χ1v) is 10.6. The van der Waals surface area contributed by atoms with Crippen molar-refractivity contribution in [2.24, 2.45) is 0 Å². The van der Waals surface area contributed by atoms with Crippen LogP contribution in [0.4, 0.5) is 24.9 Å². The standard InChI is InChI=1S/C24H26F3N3O4/c1-14-4-9-20(10-15(14)2)33-12-19(31)11-28-22(32)16(3)17-5-7-18(8-6-17)29-23-30-21(13-34-23)24(25,26)27/h4-10,13,16,19,31H,11-12H2,1-3H3,(H,28,32)(H,29,30). The Labute approximate surface area is 195 Å². The summed E-state index contributed by atoms with van der Waals surface area (Å²) in [4.78, 5) is 15.8. The van der Waals surface area contributed by atoms with Crippen molar-refractivity contribution in [3.05, 3.63) is 71.1 Å². The van der Waals surface area contributed by atoms with Crippen molar-refractivity contribution in [2.45, 2.75) is 39.0 Å². The molecule has 3 N–H and O–H groups in total. The zero-order valence-corrected chi connectivity index (χ0v) is 18.9. The third-order valence-electron chi connectivity index (χ3n) is 5.28. The summed E-state index contributed by atoms with van der Waals surface area (Å²) in [6, 6.07) is 11.9. The lowest BCUT2D eigenvalue weighted by atomic mass is 10.00. The molecule has 2 aromatic carbocycles. The van der Waals surface area contributed by atoms with Gasteiger partial charge in [0.15, 0.2) is 5.69 Å². The summed E-state index contributed by atoms with van der Waals surface area (Å²) in [6.45, 7) is 5.74. The molecule has 3 aromatic rings. The lowest BCUT2D eigenvalue weighted by molar-refractivity contribution is -0.141. The molecule has 0 fully saturated rings. The van der Waals surface area contributed by atoms with Gasteiger partial charge < -0.3 is 24.9 Å². The zero-order valence-electron chi connectivity index (χ0n) is 18.9. The van der Waals surface area contributed by atoms with Gasteiger partial charge in [0.2, 0.25) is 5.91 Å². The van der Waals surface area contributed by atoms with E-state index in [-0.39, 0.29) is 25.1 Å². The lowest BCUT2D eigenvalue weighted by Crippen LogP contribution is -2.37. The SMILES string of the molecule is Cc1ccc(OCC(O)CNC(=O)C(C)c2ccc(Nc3nc(C(F)(F)F)co3)cc2)cc1C. The second kappa shape index (κ2) is 10.6. The number of anilines is 2. The van der Waals surface area contributed by atoms with E-state index in [1.807, 2.05) is 32.0 Å². The van der Waals surface area contributed by atoms with Gasteiger partial charge in [-0.25, -0.2) is 0 Å². The van der Waals surface area contributed by atoms with Crippen LogP contribution in [0, 0.1) is 13.8 Å². The lowest BCUT2D eigenvalue weighted by Gasteiger charge is -2.17. The van der Waals surface area contributed by atoms with Crippen molar-refractivity contribution >= 4 is 17.6 Å². The molecule has 0 aliphatic carbocycles. The number of nitrogens with zero attached hydrogens (tertiary/aromatic N) is 1. The fraction of sp³-hybridized carbons (Fsp3) is 0.333. The Hall–Kier alpha value is -3.53. The number of halogens is 3. The van der Waals surface area contributed by atoms with E-state index in [1.165, 1.54) is 0 Å². The molecule has 3 rings (SSSR count). The van der Waals surface area contributed by atoms with Crippen molar-refractivity contribution in [2.75, 3.05) is 18.5 Å². The van der Waals surface area contributed by atoms with Gasteiger partial charge >= 0.3 is 6.18 Å². The molecule has 10 heteroatoms. The van der Waals surface area contributed by atoms with Crippen LogP contribution in [0.3, 0.4) is 0 Å². The number of hydrogen-bond donors (Lipinski definition) is 3. The number of hydrogen-bond acceptors (Lipinski definition) is 6. The van der Waals surface area contributed by atoms with Gasteiger partial charge in [-0.2, -0.15) is 18.2 Å². The normalized spacial score (nSPS) is 13.3. The second-order valence-corrected chi connectivity index (χ2v) is 7.96. The van der Waals surface area contributed by atoms with E-state index in [9.17, 15) is 23.1 Å². The number of aromatic nitrogens is 1. The van der Waals surface area contributed by atoms with Crippen molar-refractivity contribution in [1.29, 1.82) is 0 Å². The zero-order chi connectivity index (χ0) is 24.9. The number of alkyl halides is 3. The van der Waals surface area contributed by atoms with E-state index >= 15 is 0 Å². The number of rotatable bonds is 9. The summed E-state index contributed by atoms with van der Waals surface area (Å²) in [5.41, 5.74) is 2.24. The Morgan fingerprint density at radius 2 is 1.85 bits per heavy atom. The van der Waals surface area contributed by atoms with Crippen molar-refractivity contribution in [3.63, 3.8) is 0 Å². The van der Waals surface area contributed by atoms with Gasteiger partial charge in [-0.3, -0.25) is 4.79 Å². The maximum atomic E-state index is 12.6. The van der Waals surface area contributed by atoms with E-state index in [0.29, 0.717) is 23.3 Å². The van der Waals surface area contributed by atoms with Crippen molar-refractivity contribution < 1.29 is 32.2 Å². The average molecular weight is 477 g/mol. The monoisotopic (exact) mass is 477 g/mol. The minimum absolute atomic E-state index is 0.0271. The van der Waals surface area contributed by atoms with Crippen molar-refractivity contribution in [1.82, 2.24) is 10.3 Å². The highest BCUT2D eigenvalue weighted by atomic mass is 19.4. The summed E-state index contributed by atoms with van der Waals surface area (Å²) < 4.78 is 48.2. The molecule has 182 valence electrons. The molecule has 0 saturated carbocycles. The van der Waals surface area contributed by atoms with Crippen LogP contribution < -0.4 is 15.4 Å². The van der Waals surface area contributed by atoms with Gasteiger partial charge in [-0.15, -0.1) is 0 Å². The van der Waals surface area contributed by atoms with Gasteiger partial charge in [0.05, 0.1) is 5.92 Å². The van der Waals surface area contributed by atoms with Gasteiger partial charge in [-0.1, -0.05) is 18.2 Å². The summed E-state index contributed by atoms with van der Waals surface area (Å²) in [6.07, 6.45) is -4.94. The van der Waals surface area contributed by atoms with E-state index < -0.39 is 23.9 Å². The molecule has 2 atom stereocenters. The summed E-state index contributed by atoms with van der Waals surface area (Å²) >= 11 is 0. The molecule has 0 radical (unpaired) electrons. The maximum Gasteiger partial charge on any atom is 0.436 e. The first-order chi connectivity index (χ1) is 16.0. The third-order valence-corrected chi connectivity index (χ3v) is 5.28. The molecular formula is C24H26F3N3O4. The summed E-state index contributed by atoms with van der Waals surface area (Å²) in [5, 5.41) is 15.5. The molecule has 0 aliphatic heterocycles. The number of aliphatic hydroxyl groups excluding tert-OH is 1. The number of aliphatic hydroxyl groups is 1. The van der Waals surface area contributed by atoms with Crippen LogP contribution in [0.25, 0.3) is 0 Å². The predicted molar refractivity (Wildman–Crippen MR) is 120 cm³/mol. The maximum absolute atomic E-state index is 12.6. The van der Waals surface area contributed by atoms with Crippen LogP contribution >= 0.6 is 0 Å². The van der Waals surface area contributed by atoms with E-state index in [4.69, 9.17) is 9.15 Å². The molecule has 0 bridgehead atoms. The largest absolute Gasteiger partial charge is 0.491 e. The fourth-order valence-electron chi connectivity index (χ4n) is 3.02. The van der Waals surface area contributed by atoms with Gasteiger partial charge in [-0.05, 0) is 61.7 Å². The topological polar surface area (TPSA) is 96.6 Å². The predicted octanol–water partition coefficient (Wildman–Crippen LogP) is 4.71. The number of nitrogens with one attached hydrogen (secondary N) is 2. The fourth-order valence-corrected chi connectivity index (χ4v) is 3.02. The number of carbonyl (C=O) groups is 1. The highest BCUT2D eigenvalue weighted by Gasteiger charge is 2.34. The quantitative estimate of drug-likeness (QED) is 0.413. The average Bonchev–Trinajstić information content (AvgIpc) is 3.27. The first kappa shape index (κ1) is 25.1. The van der Waals surface area contributed by atoms with Crippen LogP contribution in [-0.2, 0) is 11.0 Å². The van der Waals surface area contributed by atoms with Gasteiger partial charge in [0.25, 0.3) is 6.01 Å². The molecule has 34 heavy (non-hydrogen) atoms. The summed E-state index contributed by atoms with van der Waals surface area (Å²) in [7, 11) is 0. The highest BCUT2D eigenvalue weighted by molar-refractivity contribution is 5.83. The van der Waals surface area contributed by atoms with E-state index in [2.05, 4.69) is 15.6 Å². The molecular weight excluding hydrogens is 451 g/mol. The Bertz CT molecular complexity index is 1110. The molecule has 1 aromatic heterocycles. The molecule has 0 spiro atoms. The van der Waals surface area contributed by atoms with Crippen LogP contribution in [0.15, 0.2) is 53.1 Å². The molecule has 1 heterocycles. The molecule has 0 aliphatic rings. The number of benzene rings is 2. The Kier molecular flexibility index (Phi) is 7.83. The van der Waals surface area contributed by atoms with E-state index in [1.54, 1.807) is 31.2 Å². The molecule has 1 amide bonds. The van der Waals surface area contributed by atoms with Crippen LogP contribution in [0.5, 0.6) is 5.75 Å². The minimum atomic E-state index is -4.59. The minimum Gasteiger partial charge on any atom is -0.491 e. The highest BCUT2D eigenvalue weighted by Crippen LogP contribution is 2.30. The number of aryl methyl sites for hydroxylation is 2. The van der Waals surface area contributed by atoms with Crippen LogP contribution in [0.1, 0.15) is 35.2 Å².